The molecule has 1 aromatic carbocycles. The van der Waals surface area contributed by atoms with E-state index in [9.17, 15) is 0 Å². The van der Waals surface area contributed by atoms with Crippen LogP contribution in [0.3, 0.4) is 0 Å². The van der Waals surface area contributed by atoms with Gasteiger partial charge in [-0.1, -0.05) is 35.0 Å². The summed E-state index contributed by atoms with van der Waals surface area (Å²) < 4.78 is 1.22. The van der Waals surface area contributed by atoms with Crippen LogP contribution in [0.4, 0.5) is 0 Å². The maximum Gasteiger partial charge on any atom is 0.0207 e. The minimum Gasteiger partial charge on any atom is -0.315 e. The van der Waals surface area contributed by atoms with Crippen LogP contribution in [-0.4, -0.2) is 13.1 Å². The number of halogens is 1. The highest BCUT2D eigenvalue weighted by atomic mass is 79.9. The van der Waals surface area contributed by atoms with E-state index in [1.165, 1.54) is 15.6 Å². The maximum absolute atomic E-state index is 3.57. The van der Waals surface area contributed by atoms with Crippen LogP contribution in [-0.2, 0) is 5.41 Å². The molecule has 1 heterocycles. The fraction of sp³-hybridized carbons (Fsp3) is 0.455. The van der Waals surface area contributed by atoms with Gasteiger partial charge in [0.2, 0.25) is 0 Å². The fourth-order valence-electron chi connectivity index (χ4n) is 1.67. The molecule has 2 rings (SSSR count). The molecule has 0 unspecified atom stereocenters. The quantitative estimate of drug-likeness (QED) is 0.795. The van der Waals surface area contributed by atoms with E-state index in [1.807, 2.05) is 0 Å². The van der Waals surface area contributed by atoms with Gasteiger partial charge in [-0.3, -0.25) is 0 Å². The molecule has 2 heteroatoms. The van der Waals surface area contributed by atoms with Gasteiger partial charge in [-0.25, -0.2) is 0 Å². The van der Waals surface area contributed by atoms with Crippen LogP contribution in [0.15, 0.2) is 22.7 Å². The van der Waals surface area contributed by atoms with Crippen molar-refractivity contribution in [2.24, 2.45) is 0 Å². The van der Waals surface area contributed by atoms with Crippen molar-refractivity contribution in [1.82, 2.24) is 5.32 Å². The first kappa shape index (κ1) is 9.22. The van der Waals surface area contributed by atoms with Gasteiger partial charge < -0.3 is 5.32 Å². The molecule has 0 atom stereocenters. The summed E-state index contributed by atoms with van der Waals surface area (Å²) in [6.07, 6.45) is 0. The van der Waals surface area contributed by atoms with Crippen LogP contribution in [0.2, 0.25) is 0 Å². The van der Waals surface area contributed by atoms with Gasteiger partial charge in [0.15, 0.2) is 0 Å². The standard InChI is InChI=1S/C11H14BrN/c1-8-3-4-9(5-10(8)12)11(2)6-13-7-11/h3-5,13H,6-7H2,1-2H3. The van der Waals surface area contributed by atoms with Crippen molar-refractivity contribution in [2.75, 3.05) is 13.1 Å². The van der Waals surface area contributed by atoms with E-state index in [4.69, 9.17) is 0 Å². The minimum absolute atomic E-state index is 0.357. The Hall–Kier alpha value is -0.340. The van der Waals surface area contributed by atoms with Crippen LogP contribution in [0.1, 0.15) is 18.1 Å². The van der Waals surface area contributed by atoms with Crippen LogP contribution < -0.4 is 5.32 Å². The Balaban J connectivity index is 2.36. The third kappa shape index (κ3) is 1.53. The van der Waals surface area contributed by atoms with Gasteiger partial charge in [-0.15, -0.1) is 0 Å². The monoisotopic (exact) mass is 239 g/mol. The molecule has 1 aliphatic rings. The smallest absolute Gasteiger partial charge is 0.0207 e. The minimum atomic E-state index is 0.357. The molecular formula is C11H14BrN. The molecule has 1 fully saturated rings. The molecule has 70 valence electrons. The molecule has 0 radical (unpaired) electrons. The van der Waals surface area contributed by atoms with Crippen molar-refractivity contribution in [3.05, 3.63) is 33.8 Å². The maximum atomic E-state index is 3.57. The Morgan fingerprint density at radius 1 is 1.38 bits per heavy atom. The summed E-state index contributed by atoms with van der Waals surface area (Å²) in [5.41, 5.74) is 3.10. The largest absolute Gasteiger partial charge is 0.315 e. The van der Waals surface area contributed by atoms with Gasteiger partial charge >= 0.3 is 0 Å². The Labute approximate surface area is 87.7 Å². The topological polar surface area (TPSA) is 12.0 Å². The van der Waals surface area contributed by atoms with Gasteiger partial charge in [-0.2, -0.15) is 0 Å². The zero-order chi connectivity index (χ0) is 9.47. The van der Waals surface area contributed by atoms with Crippen LogP contribution >= 0.6 is 15.9 Å². The summed E-state index contributed by atoms with van der Waals surface area (Å²) in [5.74, 6) is 0. The van der Waals surface area contributed by atoms with E-state index >= 15 is 0 Å². The molecule has 13 heavy (non-hydrogen) atoms. The van der Waals surface area contributed by atoms with E-state index in [0.717, 1.165) is 13.1 Å². The number of hydrogen-bond acceptors (Lipinski definition) is 1. The van der Waals surface area contributed by atoms with Crippen LogP contribution in [0.25, 0.3) is 0 Å². The predicted octanol–water partition coefficient (Wildman–Crippen LogP) is 2.62. The normalized spacial score (nSPS) is 19.6. The molecule has 1 aliphatic heterocycles. The molecule has 0 bridgehead atoms. The summed E-state index contributed by atoms with van der Waals surface area (Å²) in [4.78, 5) is 0. The molecule has 1 N–H and O–H groups in total. The van der Waals surface area contributed by atoms with Gasteiger partial charge in [0.1, 0.15) is 0 Å². The Morgan fingerprint density at radius 3 is 2.54 bits per heavy atom. The first-order valence-electron chi connectivity index (χ1n) is 4.59. The summed E-state index contributed by atoms with van der Waals surface area (Å²) in [6, 6.07) is 6.67. The number of nitrogens with one attached hydrogen (secondary N) is 1. The van der Waals surface area contributed by atoms with Crippen molar-refractivity contribution in [1.29, 1.82) is 0 Å². The molecule has 0 spiro atoms. The highest BCUT2D eigenvalue weighted by Gasteiger charge is 2.33. The first-order chi connectivity index (χ1) is 6.12. The van der Waals surface area contributed by atoms with Crippen molar-refractivity contribution in [3.63, 3.8) is 0 Å². The lowest BCUT2D eigenvalue weighted by Crippen LogP contribution is -2.54. The number of rotatable bonds is 1. The van der Waals surface area contributed by atoms with E-state index in [-0.39, 0.29) is 0 Å². The second-order valence-corrected chi connectivity index (χ2v) is 4.98. The van der Waals surface area contributed by atoms with Gasteiger partial charge in [-0.05, 0) is 24.1 Å². The average molecular weight is 240 g/mol. The molecule has 1 aromatic rings. The summed E-state index contributed by atoms with van der Waals surface area (Å²) in [5, 5.41) is 3.32. The van der Waals surface area contributed by atoms with Gasteiger partial charge in [0.25, 0.3) is 0 Å². The summed E-state index contributed by atoms with van der Waals surface area (Å²) in [7, 11) is 0. The molecular weight excluding hydrogens is 226 g/mol. The lowest BCUT2D eigenvalue weighted by Gasteiger charge is -2.40. The lowest BCUT2D eigenvalue weighted by atomic mass is 9.77. The Morgan fingerprint density at radius 2 is 2.08 bits per heavy atom. The van der Waals surface area contributed by atoms with Crippen molar-refractivity contribution >= 4 is 15.9 Å². The van der Waals surface area contributed by atoms with Crippen LogP contribution in [0, 0.1) is 6.92 Å². The van der Waals surface area contributed by atoms with E-state index in [0.29, 0.717) is 5.41 Å². The number of benzene rings is 1. The highest BCUT2D eigenvalue weighted by molar-refractivity contribution is 9.10. The molecule has 0 aliphatic carbocycles. The summed E-state index contributed by atoms with van der Waals surface area (Å²) >= 11 is 3.57. The van der Waals surface area contributed by atoms with E-state index < -0.39 is 0 Å². The third-order valence-electron chi connectivity index (χ3n) is 2.90. The predicted molar refractivity (Wildman–Crippen MR) is 59.1 cm³/mol. The molecule has 0 saturated carbocycles. The van der Waals surface area contributed by atoms with Crippen molar-refractivity contribution in [2.45, 2.75) is 19.3 Å². The Kier molecular flexibility index (Phi) is 2.20. The summed E-state index contributed by atoms with van der Waals surface area (Å²) in [6.45, 7) is 6.63. The zero-order valence-electron chi connectivity index (χ0n) is 8.02. The molecule has 0 aromatic heterocycles. The van der Waals surface area contributed by atoms with E-state index in [2.05, 4.69) is 53.3 Å². The molecule has 1 saturated heterocycles. The number of hydrogen-bond donors (Lipinski definition) is 1. The van der Waals surface area contributed by atoms with Crippen molar-refractivity contribution in [3.8, 4) is 0 Å². The van der Waals surface area contributed by atoms with Crippen molar-refractivity contribution < 1.29 is 0 Å². The van der Waals surface area contributed by atoms with Gasteiger partial charge in [0.05, 0.1) is 0 Å². The van der Waals surface area contributed by atoms with Gasteiger partial charge in [0, 0.05) is 23.0 Å². The Bertz CT molecular complexity index is 329. The molecule has 1 nitrogen and oxygen atoms in total. The first-order valence-corrected chi connectivity index (χ1v) is 5.38. The highest BCUT2D eigenvalue weighted by Crippen LogP contribution is 2.30. The van der Waals surface area contributed by atoms with E-state index in [1.54, 1.807) is 0 Å². The van der Waals surface area contributed by atoms with Crippen LogP contribution in [0.5, 0.6) is 0 Å². The zero-order valence-corrected chi connectivity index (χ0v) is 9.61. The molecule has 0 amide bonds. The number of aryl methyl sites for hydroxylation is 1. The average Bonchev–Trinajstić information content (AvgIpc) is 2.06. The fourth-order valence-corrected chi connectivity index (χ4v) is 2.05. The second kappa shape index (κ2) is 3.10. The second-order valence-electron chi connectivity index (χ2n) is 4.13. The SMILES string of the molecule is Cc1ccc(C2(C)CNC2)cc1Br. The third-order valence-corrected chi connectivity index (χ3v) is 3.75. The lowest BCUT2D eigenvalue weighted by molar-refractivity contribution is 0.305.